The van der Waals surface area contributed by atoms with Gasteiger partial charge in [-0.2, -0.15) is 0 Å². The van der Waals surface area contributed by atoms with Gasteiger partial charge in [-0.15, -0.1) is 0 Å². The highest BCUT2D eigenvalue weighted by Gasteiger charge is 2.28. The summed E-state index contributed by atoms with van der Waals surface area (Å²) in [7, 11) is 3.22. The molecule has 5 nitrogen and oxygen atoms in total. The lowest BCUT2D eigenvalue weighted by molar-refractivity contribution is -0.126. The van der Waals surface area contributed by atoms with E-state index in [4.69, 9.17) is 15.2 Å². The van der Waals surface area contributed by atoms with Gasteiger partial charge in [0.15, 0.2) is 0 Å². The van der Waals surface area contributed by atoms with E-state index in [1.165, 1.54) is 0 Å². The summed E-state index contributed by atoms with van der Waals surface area (Å²) in [6, 6.07) is 5.56. The summed E-state index contributed by atoms with van der Waals surface area (Å²) in [5.41, 5.74) is 6.97. The van der Waals surface area contributed by atoms with Gasteiger partial charge in [0.2, 0.25) is 5.91 Å². The number of hydrogen-bond acceptors (Lipinski definition) is 4. The number of carbonyl (C=O) groups is 1. The largest absolute Gasteiger partial charge is 0.497 e. The lowest BCUT2D eigenvalue weighted by Gasteiger charge is -2.27. The molecule has 0 spiro atoms. The van der Waals surface area contributed by atoms with E-state index in [0.717, 1.165) is 37.0 Å². The fourth-order valence-electron chi connectivity index (χ4n) is 2.80. The first kappa shape index (κ1) is 15.6. The molecule has 5 heteroatoms. The molecule has 0 radical (unpaired) electrons. The van der Waals surface area contributed by atoms with E-state index < -0.39 is 0 Å². The van der Waals surface area contributed by atoms with Gasteiger partial charge in [-0.1, -0.05) is 12.8 Å². The summed E-state index contributed by atoms with van der Waals surface area (Å²) in [4.78, 5) is 12.2. The topological polar surface area (TPSA) is 73.6 Å². The fourth-order valence-corrected chi connectivity index (χ4v) is 2.80. The maximum absolute atomic E-state index is 12.2. The zero-order chi connectivity index (χ0) is 15.2. The van der Waals surface area contributed by atoms with Crippen LogP contribution >= 0.6 is 0 Å². The standard InChI is InChI=1S/C16H24N2O3/c1-20-12-8-7-11(15(9-12)21-2)10-18-16(19)13-5-3-4-6-14(13)17/h7-9,13-14H,3-6,10,17H2,1-2H3,(H,18,19). The van der Waals surface area contributed by atoms with E-state index in [2.05, 4.69) is 5.32 Å². The lowest BCUT2D eigenvalue weighted by Crippen LogP contribution is -2.43. The molecule has 0 bridgehead atoms. The average Bonchev–Trinajstić information content (AvgIpc) is 2.52. The predicted molar refractivity (Wildman–Crippen MR) is 81.3 cm³/mol. The van der Waals surface area contributed by atoms with Crippen LogP contribution in [-0.2, 0) is 11.3 Å². The predicted octanol–water partition coefficient (Wildman–Crippen LogP) is 1.84. The molecular weight excluding hydrogens is 268 g/mol. The van der Waals surface area contributed by atoms with Crippen LogP contribution in [0.2, 0.25) is 0 Å². The van der Waals surface area contributed by atoms with Gasteiger partial charge in [0.05, 0.1) is 20.1 Å². The van der Waals surface area contributed by atoms with Crippen LogP contribution in [0.15, 0.2) is 18.2 Å². The maximum Gasteiger partial charge on any atom is 0.224 e. The van der Waals surface area contributed by atoms with Gasteiger partial charge < -0.3 is 20.5 Å². The fraction of sp³-hybridized carbons (Fsp3) is 0.562. The van der Waals surface area contributed by atoms with Crippen molar-refractivity contribution in [2.45, 2.75) is 38.3 Å². The minimum Gasteiger partial charge on any atom is -0.497 e. The van der Waals surface area contributed by atoms with Crippen molar-refractivity contribution in [1.29, 1.82) is 0 Å². The minimum atomic E-state index is -0.0667. The van der Waals surface area contributed by atoms with Crippen LogP contribution in [0, 0.1) is 5.92 Å². The van der Waals surface area contributed by atoms with Crippen molar-refractivity contribution in [1.82, 2.24) is 5.32 Å². The highest BCUT2D eigenvalue weighted by atomic mass is 16.5. The van der Waals surface area contributed by atoms with Crippen LogP contribution in [-0.4, -0.2) is 26.2 Å². The van der Waals surface area contributed by atoms with Gasteiger partial charge in [-0.05, 0) is 25.0 Å². The molecule has 1 fully saturated rings. The zero-order valence-electron chi connectivity index (χ0n) is 12.7. The number of rotatable bonds is 5. The number of nitrogens with one attached hydrogen (secondary N) is 1. The van der Waals surface area contributed by atoms with Gasteiger partial charge in [0, 0.05) is 24.2 Å². The molecule has 1 aliphatic carbocycles. The SMILES string of the molecule is COc1ccc(CNC(=O)C2CCCCC2N)c(OC)c1. The molecule has 3 N–H and O–H groups in total. The molecule has 0 heterocycles. The van der Waals surface area contributed by atoms with Crippen molar-refractivity contribution < 1.29 is 14.3 Å². The quantitative estimate of drug-likeness (QED) is 0.868. The molecule has 1 amide bonds. The second-order valence-corrected chi connectivity index (χ2v) is 5.45. The molecule has 21 heavy (non-hydrogen) atoms. The number of carbonyl (C=O) groups excluding carboxylic acids is 1. The highest BCUT2D eigenvalue weighted by Crippen LogP contribution is 2.26. The summed E-state index contributed by atoms with van der Waals surface area (Å²) in [5, 5.41) is 2.97. The Labute approximate surface area is 125 Å². The number of nitrogens with two attached hydrogens (primary N) is 1. The Morgan fingerprint density at radius 2 is 2.05 bits per heavy atom. The first-order chi connectivity index (χ1) is 10.2. The summed E-state index contributed by atoms with van der Waals surface area (Å²) >= 11 is 0. The molecular formula is C16H24N2O3. The van der Waals surface area contributed by atoms with Gasteiger partial charge >= 0.3 is 0 Å². The molecule has 0 saturated heterocycles. The summed E-state index contributed by atoms with van der Waals surface area (Å²) < 4.78 is 10.5. The van der Waals surface area contributed by atoms with Gasteiger partial charge in [0.25, 0.3) is 0 Å². The molecule has 1 saturated carbocycles. The van der Waals surface area contributed by atoms with Crippen LogP contribution in [0.4, 0.5) is 0 Å². The number of hydrogen-bond donors (Lipinski definition) is 2. The summed E-state index contributed by atoms with van der Waals surface area (Å²) in [5.74, 6) is 1.42. The van der Waals surface area contributed by atoms with Crippen molar-refractivity contribution in [2.24, 2.45) is 11.7 Å². The van der Waals surface area contributed by atoms with Crippen molar-refractivity contribution in [2.75, 3.05) is 14.2 Å². The van der Waals surface area contributed by atoms with Crippen LogP contribution in [0.3, 0.4) is 0 Å². The molecule has 2 rings (SSSR count). The van der Waals surface area contributed by atoms with Crippen molar-refractivity contribution in [3.05, 3.63) is 23.8 Å². The summed E-state index contributed by atoms with van der Waals surface area (Å²) in [6.45, 7) is 0.440. The van der Waals surface area contributed by atoms with Crippen molar-refractivity contribution in [3.63, 3.8) is 0 Å². The number of amides is 1. The number of benzene rings is 1. The van der Waals surface area contributed by atoms with Gasteiger partial charge in [-0.3, -0.25) is 4.79 Å². The third-order valence-corrected chi connectivity index (χ3v) is 4.10. The second-order valence-electron chi connectivity index (χ2n) is 5.45. The summed E-state index contributed by atoms with van der Waals surface area (Å²) in [6.07, 6.45) is 4.02. The molecule has 0 aromatic heterocycles. The molecule has 2 atom stereocenters. The van der Waals surface area contributed by atoms with Crippen LogP contribution in [0.1, 0.15) is 31.2 Å². The van der Waals surface area contributed by atoms with Crippen molar-refractivity contribution >= 4 is 5.91 Å². The Morgan fingerprint density at radius 3 is 2.71 bits per heavy atom. The number of ether oxygens (including phenoxy) is 2. The molecule has 1 aromatic carbocycles. The third kappa shape index (κ3) is 3.88. The Kier molecular flexibility index (Phi) is 5.44. The van der Waals surface area contributed by atoms with E-state index >= 15 is 0 Å². The highest BCUT2D eigenvalue weighted by molar-refractivity contribution is 5.79. The first-order valence-electron chi connectivity index (χ1n) is 7.40. The third-order valence-electron chi connectivity index (χ3n) is 4.10. The van der Waals surface area contributed by atoms with Crippen LogP contribution < -0.4 is 20.5 Å². The van der Waals surface area contributed by atoms with E-state index in [9.17, 15) is 4.79 Å². The van der Waals surface area contributed by atoms with Crippen LogP contribution in [0.25, 0.3) is 0 Å². The van der Waals surface area contributed by atoms with Gasteiger partial charge in [0.1, 0.15) is 11.5 Å². The Bertz CT molecular complexity index is 490. The molecule has 2 unspecified atom stereocenters. The lowest BCUT2D eigenvalue weighted by atomic mass is 9.84. The van der Waals surface area contributed by atoms with Gasteiger partial charge in [-0.25, -0.2) is 0 Å². The molecule has 116 valence electrons. The molecule has 1 aromatic rings. The minimum absolute atomic E-state index is 0.0171. The van der Waals surface area contributed by atoms with E-state index in [0.29, 0.717) is 12.3 Å². The second kappa shape index (κ2) is 7.31. The smallest absolute Gasteiger partial charge is 0.224 e. The molecule has 0 aliphatic heterocycles. The normalized spacial score (nSPS) is 21.7. The average molecular weight is 292 g/mol. The molecule has 1 aliphatic rings. The zero-order valence-corrected chi connectivity index (χ0v) is 12.7. The Hall–Kier alpha value is -1.75. The maximum atomic E-state index is 12.2. The number of methoxy groups -OCH3 is 2. The van der Waals surface area contributed by atoms with Crippen molar-refractivity contribution in [3.8, 4) is 11.5 Å². The van der Waals surface area contributed by atoms with Crippen LogP contribution in [0.5, 0.6) is 11.5 Å². The Balaban J connectivity index is 1.97. The van der Waals surface area contributed by atoms with E-state index in [1.807, 2.05) is 18.2 Å². The van der Waals surface area contributed by atoms with E-state index in [-0.39, 0.29) is 17.9 Å². The van der Waals surface area contributed by atoms with E-state index in [1.54, 1.807) is 14.2 Å². The Morgan fingerprint density at radius 1 is 1.29 bits per heavy atom. The first-order valence-corrected chi connectivity index (χ1v) is 7.40. The monoisotopic (exact) mass is 292 g/mol.